The second-order valence-corrected chi connectivity index (χ2v) is 6.89. The minimum Gasteiger partial charge on any atom is -0.298 e. The number of allylic oxidation sites excluding steroid dienone is 4. The number of hydrogen-bond donors (Lipinski definition) is 1. The summed E-state index contributed by atoms with van der Waals surface area (Å²) in [6.45, 7) is 13.3. The Kier molecular flexibility index (Phi) is 6.67. The highest BCUT2D eigenvalue weighted by Crippen LogP contribution is 2.31. The van der Waals surface area contributed by atoms with Crippen LogP contribution in [0.3, 0.4) is 0 Å². The van der Waals surface area contributed by atoms with Crippen molar-refractivity contribution in [2.45, 2.75) is 72.4 Å². The molecule has 0 radical (unpaired) electrons. The summed E-state index contributed by atoms with van der Waals surface area (Å²) in [4.78, 5) is 0. The molecule has 0 saturated heterocycles. The zero-order chi connectivity index (χ0) is 15.9. The summed E-state index contributed by atoms with van der Waals surface area (Å²) in [7, 11) is 0. The van der Waals surface area contributed by atoms with Crippen LogP contribution >= 0.6 is 0 Å². The van der Waals surface area contributed by atoms with E-state index < -0.39 is 0 Å². The summed E-state index contributed by atoms with van der Waals surface area (Å²) < 4.78 is 0. The molecule has 1 aliphatic rings. The lowest BCUT2D eigenvalue weighted by Gasteiger charge is -2.37. The summed E-state index contributed by atoms with van der Waals surface area (Å²) in [5, 5.41) is 3.85. The first-order valence-electron chi connectivity index (χ1n) is 8.31. The van der Waals surface area contributed by atoms with Crippen molar-refractivity contribution in [3.63, 3.8) is 0 Å². The largest absolute Gasteiger partial charge is 0.298 e. The molecule has 2 atom stereocenters. The second kappa shape index (κ2) is 7.79. The van der Waals surface area contributed by atoms with Crippen molar-refractivity contribution >= 4 is 0 Å². The van der Waals surface area contributed by atoms with Gasteiger partial charge in [-0.1, -0.05) is 63.3 Å². The predicted octanol–water partition coefficient (Wildman–Crippen LogP) is 5.57. The first-order valence-corrected chi connectivity index (χ1v) is 8.31. The van der Waals surface area contributed by atoms with E-state index in [0.29, 0.717) is 11.5 Å². The fourth-order valence-corrected chi connectivity index (χ4v) is 2.92. The third-order valence-corrected chi connectivity index (χ3v) is 4.31. The Morgan fingerprint density at radius 3 is 2.57 bits per heavy atom. The van der Waals surface area contributed by atoms with E-state index in [-0.39, 0.29) is 5.54 Å². The molecule has 0 aliphatic heterocycles. The van der Waals surface area contributed by atoms with Gasteiger partial charge in [-0.3, -0.25) is 5.32 Å². The van der Waals surface area contributed by atoms with Gasteiger partial charge >= 0.3 is 0 Å². The topological polar surface area (TPSA) is 12.0 Å². The Bertz CT molecular complexity index is 437. The summed E-state index contributed by atoms with van der Waals surface area (Å²) in [6.07, 6.45) is 19.3. The maximum absolute atomic E-state index is 3.85. The van der Waals surface area contributed by atoms with E-state index in [1.54, 1.807) is 0 Å². The first kappa shape index (κ1) is 18.0. The van der Waals surface area contributed by atoms with Crippen LogP contribution in [0.2, 0.25) is 0 Å². The summed E-state index contributed by atoms with van der Waals surface area (Å²) >= 11 is 0. The third kappa shape index (κ3) is 5.32. The van der Waals surface area contributed by atoms with Crippen LogP contribution in [0, 0.1) is 5.41 Å². The van der Waals surface area contributed by atoms with Crippen molar-refractivity contribution < 1.29 is 0 Å². The molecule has 21 heavy (non-hydrogen) atoms. The van der Waals surface area contributed by atoms with E-state index in [1.807, 2.05) is 0 Å². The van der Waals surface area contributed by atoms with Gasteiger partial charge < -0.3 is 0 Å². The predicted molar refractivity (Wildman–Crippen MR) is 95.5 cm³/mol. The van der Waals surface area contributed by atoms with Gasteiger partial charge in [-0.2, -0.15) is 0 Å². The molecule has 1 nitrogen and oxygen atoms in total. The smallest absolute Gasteiger partial charge is 0.0592 e. The van der Waals surface area contributed by atoms with Crippen molar-refractivity contribution in [1.29, 1.82) is 0 Å². The summed E-state index contributed by atoms with van der Waals surface area (Å²) in [5.41, 5.74) is 1.57. The van der Waals surface area contributed by atoms with Gasteiger partial charge in [-0.25, -0.2) is 0 Å². The molecule has 0 aromatic carbocycles. The maximum atomic E-state index is 3.85. The molecule has 0 heterocycles. The highest BCUT2D eigenvalue weighted by Gasteiger charge is 2.29. The molecule has 118 valence electrons. The molecule has 0 spiro atoms. The standard InChI is InChI=1S/C20H33N/c1-7-10-14-20(6,17(9-3)11-8-2)21-18-12-15-19(4,5)16-13-18/h8-12,14-15,18,21H,7,13,16H2,1-6H3/b11-8-,14-10-,17-9+. The van der Waals surface area contributed by atoms with Crippen molar-refractivity contribution in [2.75, 3.05) is 0 Å². The van der Waals surface area contributed by atoms with Crippen molar-refractivity contribution in [1.82, 2.24) is 5.32 Å². The van der Waals surface area contributed by atoms with Crippen LogP contribution in [0.4, 0.5) is 0 Å². The van der Waals surface area contributed by atoms with Crippen molar-refractivity contribution in [2.24, 2.45) is 5.41 Å². The van der Waals surface area contributed by atoms with Gasteiger partial charge in [-0.05, 0) is 51.0 Å². The van der Waals surface area contributed by atoms with Crippen LogP contribution < -0.4 is 5.32 Å². The Hall–Kier alpha value is -1.08. The molecule has 1 rings (SSSR count). The van der Waals surface area contributed by atoms with E-state index in [1.165, 1.54) is 18.4 Å². The lowest BCUT2D eigenvalue weighted by atomic mass is 9.80. The monoisotopic (exact) mass is 287 g/mol. The highest BCUT2D eigenvalue weighted by atomic mass is 15.0. The van der Waals surface area contributed by atoms with Gasteiger partial charge in [-0.15, -0.1) is 0 Å². The highest BCUT2D eigenvalue weighted by molar-refractivity contribution is 5.36. The lowest BCUT2D eigenvalue weighted by molar-refractivity contribution is 0.341. The molecular formula is C20H33N. The van der Waals surface area contributed by atoms with Crippen molar-refractivity contribution in [3.8, 4) is 0 Å². The minimum atomic E-state index is -0.103. The molecule has 1 aliphatic carbocycles. The van der Waals surface area contributed by atoms with Crippen LogP contribution in [-0.2, 0) is 0 Å². The Balaban J connectivity index is 2.96. The number of rotatable bonds is 6. The zero-order valence-corrected chi connectivity index (χ0v) is 14.7. The molecule has 1 N–H and O–H groups in total. The summed E-state index contributed by atoms with van der Waals surface area (Å²) in [5.74, 6) is 0. The fraction of sp³-hybridized carbons (Fsp3) is 0.600. The average molecular weight is 287 g/mol. The van der Waals surface area contributed by atoms with Crippen LogP contribution in [0.25, 0.3) is 0 Å². The normalized spacial score (nSPS) is 25.6. The van der Waals surface area contributed by atoms with Gasteiger partial charge in [0.05, 0.1) is 5.54 Å². The van der Waals surface area contributed by atoms with Crippen LogP contribution in [0.5, 0.6) is 0 Å². The maximum Gasteiger partial charge on any atom is 0.0592 e. The number of hydrogen-bond acceptors (Lipinski definition) is 1. The minimum absolute atomic E-state index is 0.103. The lowest BCUT2D eigenvalue weighted by Crippen LogP contribution is -2.48. The SMILES string of the molecule is C/C=C\C(=C/C)C(C)(/C=C\CC)NC1C=CC(C)(C)CC1. The molecule has 1 heteroatoms. The molecule has 0 fully saturated rings. The van der Waals surface area contributed by atoms with Crippen molar-refractivity contribution in [3.05, 3.63) is 48.1 Å². The van der Waals surface area contributed by atoms with Crippen LogP contribution in [-0.4, -0.2) is 11.6 Å². The van der Waals surface area contributed by atoms with Gasteiger partial charge in [0.25, 0.3) is 0 Å². The van der Waals surface area contributed by atoms with E-state index in [2.05, 4.69) is 89.4 Å². The molecule has 0 aromatic heterocycles. The Labute approximate surface area is 131 Å². The first-order chi connectivity index (χ1) is 9.87. The molecule has 0 bridgehead atoms. The second-order valence-electron chi connectivity index (χ2n) is 6.89. The van der Waals surface area contributed by atoms with E-state index >= 15 is 0 Å². The zero-order valence-electron chi connectivity index (χ0n) is 14.7. The molecule has 2 unspecified atom stereocenters. The van der Waals surface area contributed by atoms with E-state index in [4.69, 9.17) is 0 Å². The fourth-order valence-electron chi connectivity index (χ4n) is 2.92. The van der Waals surface area contributed by atoms with Gasteiger partial charge in [0.2, 0.25) is 0 Å². The van der Waals surface area contributed by atoms with Crippen LogP contribution in [0.15, 0.2) is 48.1 Å². The number of nitrogens with one attached hydrogen (secondary N) is 1. The van der Waals surface area contributed by atoms with Gasteiger partial charge in [0.15, 0.2) is 0 Å². The molecular weight excluding hydrogens is 254 g/mol. The molecule has 0 amide bonds. The van der Waals surface area contributed by atoms with E-state index in [9.17, 15) is 0 Å². The van der Waals surface area contributed by atoms with Gasteiger partial charge in [0, 0.05) is 6.04 Å². The molecule has 0 saturated carbocycles. The quantitative estimate of drug-likeness (QED) is 0.497. The summed E-state index contributed by atoms with van der Waals surface area (Å²) in [6, 6.07) is 0.449. The van der Waals surface area contributed by atoms with E-state index in [0.717, 1.165) is 6.42 Å². The van der Waals surface area contributed by atoms with Gasteiger partial charge in [0.1, 0.15) is 0 Å². The Morgan fingerprint density at radius 1 is 1.38 bits per heavy atom. The molecule has 0 aromatic rings. The third-order valence-electron chi connectivity index (χ3n) is 4.31. The average Bonchev–Trinajstić information content (AvgIpc) is 2.45. The Morgan fingerprint density at radius 2 is 2.10 bits per heavy atom. The van der Waals surface area contributed by atoms with Crippen LogP contribution in [0.1, 0.15) is 60.8 Å².